The topological polar surface area (TPSA) is 24.5 Å². The summed E-state index contributed by atoms with van der Waals surface area (Å²) in [5, 5.41) is 3.43. The van der Waals surface area contributed by atoms with Crippen LogP contribution >= 0.6 is 0 Å². The van der Waals surface area contributed by atoms with Gasteiger partial charge in [0.05, 0.1) is 0 Å². The first-order valence-electron chi connectivity index (χ1n) is 5.82. The van der Waals surface area contributed by atoms with Crippen LogP contribution in [0.5, 0.6) is 0 Å². The lowest BCUT2D eigenvalue weighted by Crippen LogP contribution is -2.38. The van der Waals surface area contributed by atoms with E-state index in [1.165, 1.54) is 39.0 Å². The Hall–Kier alpha value is -0.120. The first-order valence-corrected chi connectivity index (χ1v) is 5.82. The number of nitrogens with one attached hydrogen (secondary N) is 1. The summed E-state index contributed by atoms with van der Waals surface area (Å²) in [6.07, 6.45) is 3.73. The molecule has 0 bridgehead atoms. The lowest BCUT2D eigenvalue weighted by atomic mass is 10.2. The van der Waals surface area contributed by atoms with Crippen molar-refractivity contribution in [1.82, 2.24) is 10.2 Å². The van der Waals surface area contributed by atoms with Gasteiger partial charge in [-0.05, 0) is 32.4 Å². The van der Waals surface area contributed by atoms with Gasteiger partial charge in [-0.1, -0.05) is 6.92 Å². The zero-order valence-corrected chi connectivity index (χ0v) is 9.59. The van der Waals surface area contributed by atoms with E-state index in [2.05, 4.69) is 17.1 Å². The molecule has 0 amide bonds. The van der Waals surface area contributed by atoms with Gasteiger partial charge in [0, 0.05) is 32.8 Å². The van der Waals surface area contributed by atoms with Gasteiger partial charge in [-0.2, -0.15) is 0 Å². The Morgan fingerprint density at radius 1 is 1.43 bits per heavy atom. The number of hydrogen-bond donors (Lipinski definition) is 1. The van der Waals surface area contributed by atoms with E-state index < -0.39 is 0 Å². The van der Waals surface area contributed by atoms with Gasteiger partial charge in [-0.15, -0.1) is 0 Å². The number of ether oxygens (including phenoxy) is 1. The van der Waals surface area contributed by atoms with Gasteiger partial charge >= 0.3 is 0 Å². The van der Waals surface area contributed by atoms with Crippen LogP contribution in [0.4, 0.5) is 0 Å². The van der Waals surface area contributed by atoms with Gasteiger partial charge in [0.25, 0.3) is 0 Å². The van der Waals surface area contributed by atoms with Crippen LogP contribution in [-0.2, 0) is 4.74 Å². The fourth-order valence-corrected chi connectivity index (χ4v) is 2.13. The molecule has 0 aromatic carbocycles. The minimum atomic E-state index is 0.770. The average molecular weight is 200 g/mol. The van der Waals surface area contributed by atoms with Crippen LogP contribution in [0.3, 0.4) is 0 Å². The third-order valence-corrected chi connectivity index (χ3v) is 2.86. The molecule has 1 aliphatic rings. The summed E-state index contributed by atoms with van der Waals surface area (Å²) in [6.45, 7) is 7.93. The molecule has 1 heterocycles. The molecule has 84 valence electrons. The van der Waals surface area contributed by atoms with Crippen molar-refractivity contribution in [1.29, 1.82) is 0 Å². The van der Waals surface area contributed by atoms with Crippen LogP contribution in [-0.4, -0.2) is 50.8 Å². The van der Waals surface area contributed by atoms with Gasteiger partial charge in [0.1, 0.15) is 0 Å². The van der Waals surface area contributed by atoms with Crippen LogP contribution in [0, 0.1) is 0 Å². The van der Waals surface area contributed by atoms with Gasteiger partial charge in [0.15, 0.2) is 0 Å². The molecular weight excluding hydrogens is 176 g/mol. The number of rotatable bonds is 7. The highest BCUT2D eigenvalue weighted by atomic mass is 16.5. The van der Waals surface area contributed by atoms with Crippen molar-refractivity contribution < 1.29 is 4.74 Å². The zero-order chi connectivity index (χ0) is 10.2. The van der Waals surface area contributed by atoms with E-state index in [1.807, 2.05) is 0 Å². The Morgan fingerprint density at radius 3 is 2.86 bits per heavy atom. The molecule has 0 aromatic rings. The van der Waals surface area contributed by atoms with Crippen molar-refractivity contribution in [3.63, 3.8) is 0 Å². The minimum absolute atomic E-state index is 0.770. The third kappa shape index (κ3) is 3.95. The van der Waals surface area contributed by atoms with E-state index >= 15 is 0 Å². The SMILES string of the molecule is CCCN(CCCOC)C1CCNC1. The first kappa shape index (κ1) is 12.0. The normalized spacial score (nSPS) is 22.1. The predicted molar refractivity (Wildman–Crippen MR) is 59.6 cm³/mol. The highest BCUT2D eigenvalue weighted by Gasteiger charge is 2.20. The van der Waals surface area contributed by atoms with Crippen molar-refractivity contribution in [3.05, 3.63) is 0 Å². The second-order valence-corrected chi connectivity index (χ2v) is 4.03. The molecule has 1 saturated heterocycles. The summed E-state index contributed by atoms with van der Waals surface area (Å²) in [5.74, 6) is 0. The molecule has 0 radical (unpaired) electrons. The molecule has 1 N–H and O–H groups in total. The average Bonchev–Trinajstić information content (AvgIpc) is 2.70. The van der Waals surface area contributed by atoms with Crippen molar-refractivity contribution in [3.8, 4) is 0 Å². The van der Waals surface area contributed by atoms with E-state index in [1.54, 1.807) is 7.11 Å². The summed E-state index contributed by atoms with van der Waals surface area (Å²) < 4.78 is 5.09. The van der Waals surface area contributed by atoms with Crippen LogP contribution in [0.25, 0.3) is 0 Å². The Bertz CT molecular complexity index is 135. The van der Waals surface area contributed by atoms with Crippen molar-refractivity contribution in [2.75, 3.05) is 39.9 Å². The van der Waals surface area contributed by atoms with Gasteiger partial charge in [-0.25, -0.2) is 0 Å². The standard InChI is InChI=1S/C11H24N2O/c1-3-7-13(8-4-9-14-2)11-5-6-12-10-11/h11-12H,3-10H2,1-2H3. The minimum Gasteiger partial charge on any atom is -0.385 e. The number of hydrogen-bond acceptors (Lipinski definition) is 3. The third-order valence-electron chi connectivity index (χ3n) is 2.86. The fraction of sp³-hybridized carbons (Fsp3) is 1.00. The smallest absolute Gasteiger partial charge is 0.0474 e. The summed E-state index contributed by atoms with van der Waals surface area (Å²) >= 11 is 0. The highest BCUT2D eigenvalue weighted by molar-refractivity contribution is 4.80. The van der Waals surface area contributed by atoms with E-state index in [0.29, 0.717) is 0 Å². The van der Waals surface area contributed by atoms with Crippen LogP contribution in [0.1, 0.15) is 26.2 Å². The highest BCUT2D eigenvalue weighted by Crippen LogP contribution is 2.09. The monoisotopic (exact) mass is 200 g/mol. The fourth-order valence-electron chi connectivity index (χ4n) is 2.13. The molecule has 1 rings (SSSR count). The van der Waals surface area contributed by atoms with E-state index in [0.717, 1.165) is 19.1 Å². The lowest BCUT2D eigenvalue weighted by molar-refractivity contribution is 0.153. The van der Waals surface area contributed by atoms with Crippen molar-refractivity contribution in [2.24, 2.45) is 0 Å². The van der Waals surface area contributed by atoms with Crippen molar-refractivity contribution in [2.45, 2.75) is 32.2 Å². The second kappa shape index (κ2) is 7.21. The molecule has 3 heteroatoms. The van der Waals surface area contributed by atoms with Crippen LogP contribution < -0.4 is 5.32 Å². The van der Waals surface area contributed by atoms with E-state index in [4.69, 9.17) is 4.74 Å². The molecule has 0 saturated carbocycles. The molecule has 0 aliphatic carbocycles. The summed E-state index contributed by atoms with van der Waals surface area (Å²) in [7, 11) is 1.78. The number of methoxy groups -OCH3 is 1. The van der Waals surface area contributed by atoms with E-state index in [-0.39, 0.29) is 0 Å². The Labute approximate surface area is 87.8 Å². The predicted octanol–water partition coefficient (Wildman–Crippen LogP) is 1.10. The quantitative estimate of drug-likeness (QED) is 0.623. The second-order valence-electron chi connectivity index (χ2n) is 4.03. The molecule has 14 heavy (non-hydrogen) atoms. The van der Waals surface area contributed by atoms with Gasteiger partial charge in [-0.3, -0.25) is 4.90 Å². The molecule has 1 fully saturated rings. The maximum atomic E-state index is 5.09. The molecule has 0 aromatic heterocycles. The molecule has 1 atom stereocenters. The van der Waals surface area contributed by atoms with Gasteiger partial charge < -0.3 is 10.1 Å². The van der Waals surface area contributed by atoms with Crippen LogP contribution in [0.15, 0.2) is 0 Å². The lowest BCUT2D eigenvalue weighted by Gasteiger charge is -2.27. The Morgan fingerprint density at radius 2 is 2.29 bits per heavy atom. The summed E-state index contributed by atoms with van der Waals surface area (Å²) in [4.78, 5) is 2.61. The maximum Gasteiger partial charge on any atom is 0.0474 e. The van der Waals surface area contributed by atoms with Gasteiger partial charge in [0.2, 0.25) is 0 Å². The largest absolute Gasteiger partial charge is 0.385 e. The molecular formula is C11H24N2O. The molecule has 0 spiro atoms. The van der Waals surface area contributed by atoms with Crippen molar-refractivity contribution >= 4 is 0 Å². The maximum absolute atomic E-state index is 5.09. The first-order chi connectivity index (χ1) is 6.88. The van der Waals surface area contributed by atoms with E-state index in [9.17, 15) is 0 Å². The summed E-state index contributed by atoms with van der Waals surface area (Å²) in [6, 6.07) is 0.770. The molecule has 1 unspecified atom stereocenters. The Kier molecular flexibility index (Phi) is 6.15. The molecule has 1 aliphatic heterocycles. The summed E-state index contributed by atoms with van der Waals surface area (Å²) in [5.41, 5.74) is 0. The molecule has 3 nitrogen and oxygen atoms in total. The van der Waals surface area contributed by atoms with Crippen LogP contribution in [0.2, 0.25) is 0 Å². The zero-order valence-electron chi connectivity index (χ0n) is 9.59. The Balaban J connectivity index is 2.22. The number of nitrogens with zero attached hydrogens (tertiary/aromatic N) is 1.